The summed E-state index contributed by atoms with van der Waals surface area (Å²) in [7, 11) is 0. The van der Waals surface area contributed by atoms with Gasteiger partial charge in [-0.3, -0.25) is 0 Å². The van der Waals surface area contributed by atoms with Crippen LogP contribution in [0.1, 0.15) is 56.0 Å². The van der Waals surface area contributed by atoms with Crippen LogP contribution in [0, 0.1) is 5.92 Å². The number of hydrogen-bond acceptors (Lipinski definition) is 0. The van der Waals surface area contributed by atoms with Gasteiger partial charge < -0.3 is 0 Å². The van der Waals surface area contributed by atoms with E-state index in [-0.39, 0.29) is 11.3 Å². The summed E-state index contributed by atoms with van der Waals surface area (Å²) < 4.78 is 0. The van der Waals surface area contributed by atoms with Crippen molar-refractivity contribution in [2.24, 2.45) is 5.92 Å². The van der Waals surface area contributed by atoms with Gasteiger partial charge in [-0.1, -0.05) is 273 Å². The van der Waals surface area contributed by atoms with E-state index in [0.29, 0.717) is 5.92 Å². The molecule has 12 aromatic rings. The van der Waals surface area contributed by atoms with Crippen molar-refractivity contribution < 1.29 is 0 Å². The first-order valence-corrected chi connectivity index (χ1v) is 29.5. The van der Waals surface area contributed by atoms with E-state index < -0.39 is 0 Å². The Labute approximate surface area is 485 Å². The predicted molar refractivity (Wildman–Crippen MR) is 348 cm³/mol. The summed E-state index contributed by atoms with van der Waals surface area (Å²) in [4.78, 5) is 0. The van der Waals surface area contributed by atoms with Crippen LogP contribution in [0.5, 0.6) is 0 Å². The van der Waals surface area contributed by atoms with Crippen LogP contribution in [0.2, 0.25) is 0 Å². The number of fused-ring (bicyclic) bond motifs is 11. The maximum atomic E-state index is 2.72. The summed E-state index contributed by atoms with van der Waals surface area (Å²) in [5, 5.41) is 4.98. The molecule has 0 nitrogen and oxygen atoms in total. The zero-order valence-corrected chi connectivity index (χ0v) is 45.9. The summed E-state index contributed by atoms with van der Waals surface area (Å²) in [5.41, 5.74) is 30.7. The molecule has 12 aromatic carbocycles. The van der Waals surface area contributed by atoms with Gasteiger partial charge in [-0.25, -0.2) is 0 Å². The van der Waals surface area contributed by atoms with Gasteiger partial charge in [-0.2, -0.15) is 0 Å². The van der Waals surface area contributed by atoms with Crippen molar-refractivity contribution in [3.8, 4) is 44.5 Å². The Bertz CT molecular complexity index is 4770. The molecule has 0 saturated heterocycles. The van der Waals surface area contributed by atoms with Crippen LogP contribution in [0.4, 0.5) is 0 Å². The first-order chi connectivity index (χ1) is 41.1. The number of allylic oxidation sites excluding steroid dienone is 9. The third kappa shape index (κ3) is 7.46. The molecule has 0 heterocycles. The second kappa shape index (κ2) is 19.0. The minimum atomic E-state index is -0.0182. The van der Waals surface area contributed by atoms with Gasteiger partial charge in [0.25, 0.3) is 0 Å². The summed E-state index contributed by atoms with van der Waals surface area (Å²) in [6.45, 7) is 0. The van der Waals surface area contributed by atoms with E-state index in [9.17, 15) is 0 Å². The zero-order chi connectivity index (χ0) is 54.6. The molecule has 83 heavy (non-hydrogen) atoms. The molecule has 17 rings (SSSR count). The Morgan fingerprint density at radius 3 is 1.41 bits per heavy atom. The van der Waals surface area contributed by atoms with Gasteiger partial charge in [0.1, 0.15) is 0 Å². The molecule has 0 saturated carbocycles. The van der Waals surface area contributed by atoms with E-state index in [1.807, 2.05) is 0 Å². The molecule has 5 aliphatic rings. The lowest BCUT2D eigenvalue weighted by Crippen LogP contribution is -2.33. The molecule has 0 fully saturated rings. The maximum absolute atomic E-state index is 2.72. The van der Waals surface area contributed by atoms with Crippen LogP contribution in [0.25, 0.3) is 88.3 Å². The Hall–Kier alpha value is -10.1. The molecule has 388 valence electrons. The van der Waals surface area contributed by atoms with Crippen molar-refractivity contribution in [3.05, 3.63) is 370 Å². The van der Waals surface area contributed by atoms with E-state index in [1.165, 1.54) is 155 Å². The lowest BCUT2D eigenvalue weighted by atomic mass is 9.68. The second-order valence-electron chi connectivity index (χ2n) is 23.4. The number of rotatable bonds is 8. The van der Waals surface area contributed by atoms with Crippen molar-refractivity contribution in [3.63, 3.8) is 0 Å². The Balaban J connectivity index is 1.02. The third-order valence-corrected chi connectivity index (χ3v) is 19.1. The molecule has 0 heteroatoms. The van der Waals surface area contributed by atoms with Crippen molar-refractivity contribution >= 4 is 43.8 Å². The van der Waals surface area contributed by atoms with Crippen LogP contribution in [-0.2, 0) is 18.3 Å². The Morgan fingerprint density at radius 2 is 0.783 bits per heavy atom. The molecule has 2 atom stereocenters. The molecule has 1 spiro atoms. The van der Waals surface area contributed by atoms with Gasteiger partial charge in [0.15, 0.2) is 0 Å². The van der Waals surface area contributed by atoms with Crippen molar-refractivity contribution in [1.82, 2.24) is 0 Å². The molecule has 0 N–H and O–H groups in total. The minimum Gasteiger partial charge on any atom is -0.0790 e. The van der Waals surface area contributed by atoms with Crippen molar-refractivity contribution in [2.75, 3.05) is 0 Å². The summed E-state index contributed by atoms with van der Waals surface area (Å²) in [6.07, 6.45) is 10.0. The van der Waals surface area contributed by atoms with E-state index in [4.69, 9.17) is 0 Å². The van der Waals surface area contributed by atoms with E-state index in [2.05, 4.69) is 303 Å². The zero-order valence-electron chi connectivity index (χ0n) is 45.9. The molecule has 0 aliphatic heterocycles. The smallest absolute Gasteiger partial charge is 0.0108 e. The molecule has 0 aromatic heterocycles. The van der Waals surface area contributed by atoms with Gasteiger partial charge >= 0.3 is 0 Å². The minimum absolute atomic E-state index is 0.0182. The first-order valence-electron chi connectivity index (χ1n) is 29.5. The Morgan fingerprint density at radius 1 is 0.289 bits per heavy atom. The molecule has 0 bridgehead atoms. The monoisotopic (exact) mass is 1050 g/mol. The van der Waals surface area contributed by atoms with Gasteiger partial charge in [-0.05, 0) is 204 Å². The van der Waals surface area contributed by atoms with Crippen LogP contribution < -0.4 is 0 Å². The van der Waals surface area contributed by atoms with Crippen LogP contribution >= 0.6 is 0 Å². The first kappa shape index (κ1) is 47.6. The molecule has 2 unspecified atom stereocenters. The molecular weight excluding hydrogens is 997 g/mol. The fourth-order valence-electron chi connectivity index (χ4n) is 15.5. The van der Waals surface area contributed by atoms with E-state index in [0.717, 1.165) is 12.8 Å². The van der Waals surface area contributed by atoms with E-state index in [1.54, 1.807) is 0 Å². The highest BCUT2D eigenvalue weighted by atomic mass is 14.6. The predicted octanol–water partition coefficient (Wildman–Crippen LogP) is 20.8. The fraction of sp³-hybridized carbons (Fsp3) is 0.0602. The second-order valence-corrected chi connectivity index (χ2v) is 23.4. The Kier molecular flexibility index (Phi) is 10.9. The van der Waals surface area contributed by atoms with Gasteiger partial charge in [-0.15, -0.1) is 0 Å². The largest absolute Gasteiger partial charge is 0.0790 e. The summed E-state index contributed by atoms with van der Waals surface area (Å²) >= 11 is 0. The summed E-state index contributed by atoms with van der Waals surface area (Å²) in [6, 6.07) is 107. The van der Waals surface area contributed by atoms with Gasteiger partial charge in [0, 0.05) is 11.3 Å². The lowest BCUT2D eigenvalue weighted by Gasteiger charge is -2.34. The van der Waals surface area contributed by atoms with Crippen LogP contribution in [0.15, 0.2) is 320 Å². The molecule has 0 amide bonds. The fourth-order valence-corrected chi connectivity index (χ4v) is 15.5. The van der Waals surface area contributed by atoms with Gasteiger partial charge in [0.05, 0.1) is 0 Å². The van der Waals surface area contributed by atoms with Gasteiger partial charge in [0.2, 0.25) is 0 Å². The van der Waals surface area contributed by atoms with Crippen LogP contribution in [-0.4, -0.2) is 0 Å². The number of benzene rings is 12. The maximum Gasteiger partial charge on any atom is 0.0108 e. The molecule has 5 aliphatic carbocycles. The highest BCUT2D eigenvalue weighted by molar-refractivity contribution is 6.33. The SMILES string of the molecule is C1=CC2C(C=C1C1=C(c3cccc4cc5ccccc5cc34)C(c3ccccc3)=C3C1=C(c1ccc(-c4ccccc4)c(-c4ccccc4)c1)c1cc(-c4ccccc4)c(-c4ccccc4)cc13)c1ccccc1C21Cc2ccccc2C1. The quantitative estimate of drug-likeness (QED) is 0.133. The average Bonchev–Trinajstić information content (AvgIpc) is 1.80. The third-order valence-electron chi connectivity index (χ3n) is 19.1. The standard InChI is InChI=1S/C83H56/c1-6-23-53(24-7-1)65-43-41-61(47-68(65)54-25-8-2-9-26-54)77-73-49-70(55-27-10-3-11-28-55)71(56-29-12-4-13-30-56)50-74(73)81-78(57-31-14-5-15-32-57)80(67-39-22-37-60-45-58-33-16-17-34-59(58)46-69(60)67)79(82(77)81)62-42-44-76-72(48-62)66-38-20-21-40-75(66)83(76)51-63-35-18-19-36-64(63)52-83/h1-50,72,76H,51-52H2. The van der Waals surface area contributed by atoms with Crippen molar-refractivity contribution in [2.45, 2.75) is 24.2 Å². The van der Waals surface area contributed by atoms with E-state index >= 15 is 0 Å². The topological polar surface area (TPSA) is 0 Å². The molecular formula is C83H56. The lowest BCUT2D eigenvalue weighted by molar-refractivity contribution is 0.343. The highest BCUT2D eigenvalue weighted by Crippen LogP contribution is 2.65. The normalized spacial score (nSPS) is 17.0. The molecule has 0 radical (unpaired) electrons. The summed E-state index contributed by atoms with van der Waals surface area (Å²) in [5.74, 6) is 0.494. The average molecular weight is 1050 g/mol. The van der Waals surface area contributed by atoms with Crippen molar-refractivity contribution in [1.29, 1.82) is 0 Å². The highest BCUT2D eigenvalue weighted by Gasteiger charge is 2.54. The van der Waals surface area contributed by atoms with Crippen LogP contribution in [0.3, 0.4) is 0 Å². The number of hydrogen-bond donors (Lipinski definition) is 0.